The normalized spacial score (nSPS) is 10.3. The molecule has 0 aliphatic carbocycles. The molecule has 0 radical (unpaired) electrons. The Morgan fingerprint density at radius 3 is 2.63 bits per heavy atom. The highest BCUT2D eigenvalue weighted by atomic mass is 16.5. The molecule has 4 heteroatoms. The Labute approximate surface area is 114 Å². The summed E-state index contributed by atoms with van der Waals surface area (Å²) in [7, 11) is 3.71. The number of hydrogen-bond acceptors (Lipinski definition) is 4. The van der Waals surface area contributed by atoms with E-state index in [9.17, 15) is 0 Å². The highest BCUT2D eigenvalue weighted by Crippen LogP contribution is 2.20. The molecule has 1 aromatic heterocycles. The fraction of sp³-hybridized carbons (Fsp3) is 0.333. The summed E-state index contributed by atoms with van der Waals surface area (Å²) < 4.78 is 5.27. The molecule has 0 unspecified atom stereocenters. The number of benzene rings is 1. The molecule has 0 amide bonds. The Kier molecular flexibility index (Phi) is 4.00. The first-order valence-electron chi connectivity index (χ1n) is 6.23. The minimum absolute atomic E-state index is 0.795. The van der Waals surface area contributed by atoms with Crippen molar-refractivity contribution in [2.45, 2.75) is 20.4 Å². The van der Waals surface area contributed by atoms with Crippen molar-refractivity contribution in [2.24, 2.45) is 0 Å². The molecule has 0 aliphatic heterocycles. The second kappa shape index (κ2) is 5.69. The molecule has 0 saturated carbocycles. The van der Waals surface area contributed by atoms with Crippen molar-refractivity contribution in [1.82, 2.24) is 9.97 Å². The summed E-state index contributed by atoms with van der Waals surface area (Å²) >= 11 is 0. The smallest absolute Gasteiger partial charge is 0.147 e. The predicted molar refractivity (Wildman–Crippen MR) is 76.6 cm³/mol. The van der Waals surface area contributed by atoms with Crippen LogP contribution in [-0.4, -0.2) is 24.1 Å². The van der Waals surface area contributed by atoms with Gasteiger partial charge in [-0.3, -0.25) is 4.98 Å². The van der Waals surface area contributed by atoms with Gasteiger partial charge in [0.2, 0.25) is 0 Å². The monoisotopic (exact) mass is 257 g/mol. The fourth-order valence-electron chi connectivity index (χ4n) is 2.03. The molecule has 2 aromatic rings. The van der Waals surface area contributed by atoms with Gasteiger partial charge in [0, 0.05) is 19.8 Å². The number of hydrogen-bond donors (Lipinski definition) is 0. The quantitative estimate of drug-likeness (QED) is 0.844. The van der Waals surface area contributed by atoms with E-state index in [0.717, 1.165) is 29.4 Å². The molecule has 0 fully saturated rings. The standard InChI is InChI=1S/C15H19N3O/c1-11-7-13(5-6-14(11)19-4)10-18(3)15-9-16-8-12(2)17-15/h5-9H,10H2,1-4H3. The third-order valence-corrected chi connectivity index (χ3v) is 3.01. The summed E-state index contributed by atoms with van der Waals surface area (Å²) in [5.41, 5.74) is 3.29. The van der Waals surface area contributed by atoms with Crippen LogP contribution in [0.25, 0.3) is 0 Å². The minimum Gasteiger partial charge on any atom is -0.496 e. The van der Waals surface area contributed by atoms with Crippen molar-refractivity contribution in [2.75, 3.05) is 19.1 Å². The van der Waals surface area contributed by atoms with Gasteiger partial charge in [-0.05, 0) is 31.0 Å². The Bertz CT molecular complexity index is 569. The maximum atomic E-state index is 5.27. The number of rotatable bonds is 4. The number of aryl methyl sites for hydroxylation is 2. The molecule has 0 N–H and O–H groups in total. The summed E-state index contributed by atoms with van der Waals surface area (Å²) in [4.78, 5) is 10.7. The van der Waals surface area contributed by atoms with Gasteiger partial charge in [-0.15, -0.1) is 0 Å². The molecule has 4 nitrogen and oxygen atoms in total. The molecule has 0 spiro atoms. The van der Waals surface area contributed by atoms with Gasteiger partial charge in [0.15, 0.2) is 0 Å². The van der Waals surface area contributed by atoms with Crippen molar-refractivity contribution in [3.63, 3.8) is 0 Å². The summed E-state index contributed by atoms with van der Waals surface area (Å²) in [6.07, 6.45) is 3.54. The van der Waals surface area contributed by atoms with E-state index >= 15 is 0 Å². The van der Waals surface area contributed by atoms with Gasteiger partial charge < -0.3 is 9.64 Å². The number of aromatic nitrogens is 2. The van der Waals surface area contributed by atoms with E-state index in [1.54, 1.807) is 19.5 Å². The van der Waals surface area contributed by atoms with Crippen LogP contribution in [0, 0.1) is 13.8 Å². The number of methoxy groups -OCH3 is 1. The molecule has 0 atom stereocenters. The van der Waals surface area contributed by atoms with E-state index in [0.29, 0.717) is 0 Å². The summed E-state index contributed by atoms with van der Waals surface area (Å²) in [6.45, 7) is 4.79. The Balaban J connectivity index is 2.14. The molecule has 0 saturated heterocycles. The van der Waals surface area contributed by atoms with Crippen molar-refractivity contribution in [1.29, 1.82) is 0 Å². The second-order valence-electron chi connectivity index (χ2n) is 4.68. The van der Waals surface area contributed by atoms with Crippen LogP contribution in [-0.2, 0) is 6.54 Å². The molecular formula is C15H19N3O. The maximum absolute atomic E-state index is 5.27. The van der Waals surface area contributed by atoms with E-state index < -0.39 is 0 Å². The van der Waals surface area contributed by atoms with Crippen LogP contribution < -0.4 is 9.64 Å². The van der Waals surface area contributed by atoms with Crippen molar-refractivity contribution in [3.05, 3.63) is 47.4 Å². The van der Waals surface area contributed by atoms with Crippen LogP contribution in [0.4, 0.5) is 5.82 Å². The van der Waals surface area contributed by atoms with E-state index in [1.807, 2.05) is 20.0 Å². The molecular weight excluding hydrogens is 238 g/mol. The second-order valence-corrected chi connectivity index (χ2v) is 4.68. The molecule has 2 rings (SSSR count). The van der Waals surface area contributed by atoms with E-state index in [2.05, 4.69) is 33.9 Å². The van der Waals surface area contributed by atoms with Crippen molar-refractivity contribution >= 4 is 5.82 Å². The highest BCUT2D eigenvalue weighted by Gasteiger charge is 2.06. The van der Waals surface area contributed by atoms with Gasteiger partial charge >= 0.3 is 0 Å². The van der Waals surface area contributed by atoms with Gasteiger partial charge in [0.05, 0.1) is 19.0 Å². The van der Waals surface area contributed by atoms with Crippen molar-refractivity contribution < 1.29 is 4.74 Å². The largest absolute Gasteiger partial charge is 0.496 e. The van der Waals surface area contributed by atoms with Gasteiger partial charge in [-0.1, -0.05) is 12.1 Å². The zero-order chi connectivity index (χ0) is 13.8. The maximum Gasteiger partial charge on any atom is 0.147 e. The molecule has 19 heavy (non-hydrogen) atoms. The van der Waals surface area contributed by atoms with Gasteiger partial charge in [0.1, 0.15) is 11.6 Å². The first-order chi connectivity index (χ1) is 9.10. The lowest BCUT2D eigenvalue weighted by Gasteiger charge is -2.18. The topological polar surface area (TPSA) is 38.2 Å². The Morgan fingerprint density at radius 1 is 1.21 bits per heavy atom. The Morgan fingerprint density at radius 2 is 2.00 bits per heavy atom. The van der Waals surface area contributed by atoms with Crippen LogP contribution in [0.15, 0.2) is 30.6 Å². The van der Waals surface area contributed by atoms with E-state index in [4.69, 9.17) is 4.74 Å². The van der Waals surface area contributed by atoms with Crippen LogP contribution in [0.3, 0.4) is 0 Å². The van der Waals surface area contributed by atoms with Crippen LogP contribution in [0.2, 0.25) is 0 Å². The zero-order valence-electron chi connectivity index (χ0n) is 11.8. The average molecular weight is 257 g/mol. The van der Waals surface area contributed by atoms with Crippen LogP contribution in [0.1, 0.15) is 16.8 Å². The third-order valence-electron chi connectivity index (χ3n) is 3.01. The highest BCUT2D eigenvalue weighted by molar-refractivity contribution is 5.40. The summed E-state index contributed by atoms with van der Waals surface area (Å²) in [5.74, 6) is 1.80. The number of ether oxygens (including phenoxy) is 1. The van der Waals surface area contributed by atoms with Gasteiger partial charge in [-0.2, -0.15) is 0 Å². The molecule has 1 heterocycles. The molecule has 1 aromatic carbocycles. The average Bonchev–Trinajstić information content (AvgIpc) is 2.39. The first-order valence-corrected chi connectivity index (χ1v) is 6.23. The summed E-state index contributed by atoms with van der Waals surface area (Å²) in [5, 5.41) is 0. The molecule has 0 bridgehead atoms. The number of nitrogens with zero attached hydrogens (tertiary/aromatic N) is 3. The summed E-state index contributed by atoms with van der Waals surface area (Å²) in [6, 6.07) is 6.21. The van der Waals surface area contributed by atoms with Gasteiger partial charge in [0.25, 0.3) is 0 Å². The van der Waals surface area contributed by atoms with E-state index in [-0.39, 0.29) is 0 Å². The predicted octanol–water partition coefficient (Wildman–Crippen LogP) is 2.74. The van der Waals surface area contributed by atoms with Gasteiger partial charge in [-0.25, -0.2) is 4.98 Å². The van der Waals surface area contributed by atoms with Crippen molar-refractivity contribution in [3.8, 4) is 5.75 Å². The third kappa shape index (κ3) is 3.22. The Hall–Kier alpha value is -2.10. The zero-order valence-corrected chi connectivity index (χ0v) is 11.8. The lowest BCUT2D eigenvalue weighted by molar-refractivity contribution is 0.411. The molecule has 100 valence electrons. The fourth-order valence-corrected chi connectivity index (χ4v) is 2.03. The van der Waals surface area contributed by atoms with Crippen LogP contribution in [0.5, 0.6) is 5.75 Å². The minimum atomic E-state index is 0.795. The molecule has 0 aliphatic rings. The SMILES string of the molecule is COc1ccc(CN(C)c2cncc(C)n2)cc1C. The van der Waals surface area contributed by atoms with E-state index in [1.165, 1.54) is 5.56 Å². The lowest BCUT2D eigenvalue weighted by atomic mass is 10.1. The lowest BCUT2D eigenvalue weighted by Crippen LogP contribution is -2.18. The number of anilines is 1. The first kappa shape index (κ1) is 13.3. The van der Waals surface area contributed by atoms with Crippen LogP contribution >= 0.6 is 0 Å².